The minimum Gasteiger partial charge on any atom is -0.316 e. The third-order valence-electron chi connectivity index (χ3n) is 4.62. The molecule has 88 valence electrons. The van der Waals surface area contributed by atoms with Crippen LogP contribution in [0.5, 0.6) is 0 Å². The summed E-state index contributed by atoms with van der Waals surface area (Å²) in [6.07, 6.45) is 2.53. The van der Waals surface area contributed by atoms with E-state index in [1.807, 2.05) is 0 Å². The number of nitrogens with one attached hydrogen (secondary N) is 1. The molecule has 1 aliphatic rings. The summed E-state index contributed by atoms with van der Waals surface area (Å²) in [4.78, 5) is 0. The van der Waals surface area contributed by atoms with Crippen LogP contribution in [0.25, 0.3) is 0 Å². The second-order valence-corrected chi connectivity index (χ2v) is 5.40. The smallest absolute Gasteiger partial charge is 0.0130 e. The van der Waals surface area contributed by atoms with E-state index in [1.54, 1.807) is 0 Å². The Bertz CT molecular complexity index is 371. The maximum absolute atomic E-state index is 3.46. The molecule has 1 N–H and O–H groups in total. The maximum Gasteiger partial charge on any atom is 0.0130 e. The van der Waals surface area contributed by atoms with Crippen molar-refractivity contribution in [3.8, 4) is 0 Å². The van der Waals surface area contributed by atoms with Crippen LogP contribution in [0.4, 0.5) is 0 Å². The van der Waals surface area contributed by atoms with Crippen LogP contribution in [0.3, 0.4) is 0 Å². The summed E-state index contributed by atoms with van der Waals surface area (Å²) in [5.74, 6) is 0.731. The van der Waals surface area contributed by atoms with Gasteiger partial charge < -0.3 is 5.32 Å². The Balaban J connectivity index is 2.24. The summed E-state index contributed by atoms with van der Waals surface area (Å²) in [6, 6.07) is 9.69. The zero-order chi connectivity index (χ0) is 11.8. The minimum absolute atomic E-state index is 0.433. The fraction of sp³-hybridized carbons (Fsp3) is 0.600. The predicted octanol–water partition coefficient (Wildman–Crippen LogP) is 3.49. The van der Waals surface area contributed by atoms with E-state index >= 15 is 0 Å². The molecule has 1 heteroatoms. The molecule has 0 spiro atoms. The van der Waals surface area contributed by atoms with Crippen LogP contribution in [0.1, 0.15) is 43.7 Å². The Morgan fingerprint density at radius 2 is 2.19 bits per heavy atom. The first-order valence-electron chi connectivity index (χ1n) is 6.35. The van der Waals surface area contributed by atoms with Gasteiger partial charge in [-0.2, -0.15) is 0 Å². The maximum atomic E-state index is 3.46. The van der Waals surface area contributed by atoms with Gasteiger partial charge in [0.05, 0.1) is 0 Å². The molecule has 0 heterocycles. The monoisotopic (exact) mass is 217 g/mol. The van der Waals surface area contributed by atoms with Crippen LogP contribution >= 0.6 is 0 Å². The molecule has 3 atom stereocenters. The molecule has 2 rings (SSSR count). The highest BCUT2D eigenvalue weighted by Crippen LogP contribution is 2.54. The van der Waals surface area contributed by atoms with Crippen molar-refractivity contribution in [3.63, 3.8) is 0 Å². The zero-order valence-corrected chi connectivity index (χ0v) is 10.9. The highest BCUT2D eigenvalue weighted by Gasteiger charge is 2.49. The summed E-state index contributed by atoms with van der Waals surface area (Å²) in [7, 11) is 2.09. The quantitative estimate of drug-likeness (QED) is 0.817. The van der Waals surface area contributed by atoms with Gasteiger partial charge in [-0.1, -0.05) is 43.7 Å². The number of hydrogen-bond acceptors (Lipinski definition) is 1. The highest BCUT2D eigenvalue weighted by atomic mass is 14.9. The number of hydrogen-bond donors (Lipinski definition) is 1. The van der Waals surface area contributed by atoms with Crippen molar-refractivity contribution in [3.05, 3.63) is 35.4 Å². The lowest BCUT2D eigenvalue weighted by molar-refractivity contribution is 0.0495. The lowest BCUT2D eigenvalue weighted by Gasteiger charge is -2.54. The van der Waals surface area contributed by atoms with Gasteiger partial charge in [0, 0.05) is 6.04 Å². The van der Waals surface area contributed by atoms with E-state index in [1.165, 1.54) is 24.0 Å². The second-order valence-electron chi connectivity index (χ2n) is 5.40. The molecule has 1 saturated carbocycles. The largest absolute Gasteiger partial charge is 0.316 e. The van der Waals surface area contributed by atoms with E-state index in [4.69, 9.17) is 0 Å². The fourth-order valence-corrected chi connectivity index (χ4v) is 3.20. The van der Waals surface area contributed by atoms with Crippen molar-refractivity contribution in [2.75, 3.05) is 7.05 Å². The molecule has 0 aromatic heterocycles. The van der Waals surface area contributed by atoms with Crippen molar-refractivity contribution in [2.24, 2.45) is 5.41 Å². The molecule has 1 aromatic carbocycles. The SMILES string of the molecule is CCC1(C)C(NC)CC1c1cccc(C)c1. The third-order valence-corrected chi connectivity index (χ3v) is 4.62. The van der Waals surface area contributed by atoms with Crippen molar-refractivity contribution in [2.45, 2.75) is 45.6 Å². The van der Waals surface area contributed by atoms with Gasteiger partial charge in [0.15, 0.2) is 0 Å². The molecule has 0 aliphatic heterocycles. The molecule has 3 unspecified atom stereocenters. The standard InChI is InChI=1S/C15H23N/c1-5-15(3)13(10-14(15)16-4)12-8-6-7-11(2)9-12/h6-9,13-14,16H,5,10H2,1-4H3. The van der Waals surface area contributed by atoms with Gasteiger partial charge in [-0.25, -0.2) is 0 Å². The van der Waals surface area contributed by atoms with Gasteiger partial charge in [0.1, 0.15) is 0 Å². The predicted molar refractivity (Wildman–Crippen MR) is 69.8 cm³/mol. The second kappa shape index (κ2) is 4.21. The molecule has 1 aliphatic carbocycles. The molecule has 0 amide bonds. The van der Waals surface area contributed by atoms with Gasteiger partial charge >= 0.3 is 0 Å². The van der Waals surface area contributed by atoms with Crippen molar-refractivity contribution in [1.29, 1.82) is 0 Å². The van der Waals surface area contributed by atoms with E-state index in [0.717, 1.165) is 5.92 Å². The first kappa shape index (κ1) is 11.7. The summed E-state index contributed by atoms with van der Waals surface area (Å²) in [5, 5.41) is 3.46. The summed E-state index contributed by atoms with van der Waals surface area (Å²) >= 11 is 0. The van der Waals surface area contributed by atoms with E-state index in [2.05, 4.69) is 57.4 Å². The molecule has 16 heavy (non-hydrogen) atoms. The van der Waals surface area contributed by atoms with E-state index < -0.39 is 0 Å². The summed E-state index contributed by atoms with van der Waals surface area (Å²) in [5.41, 5.74) is 3.34. The van der Waals surface area contributed by atoms with Crippen LogP contribution in [-0.4, -0.2) is 13.1 Å². The van der Waals surface area contributed by atoms with Gasteiger partial charge in [0.2, 0.25) is 0 Å². The van der Waals surface area contributed by atoms with E-state index in [9.17, 15) is 0 Å². The van der Waals surface area contributed by atoms with Crippen LogP contribution in [0.2, 0.25) is 0 Å². The molecule has 0 radical (unpaired) electrons. The van der Waals surface area contributed by atoms with E-state index in [0.29, 0.717) is 11.5 Å². The molecule has 1 nitrogen and oxygen atoms in total. The zero-order valence-electron chi connectivity index (χ0n) is 10.9. The van der Waals surface area contributed by atoms with Gasteiger partial charge in [-0.3, -0.25) is 0 Å². The average Bonchev–Trinajstić information content (AvgIpc) is 2.27. The normalized spacial score (nSPS) is 33.5. The summed E-state index contributed by atoms with van der Waals surface area (Å²) < 4.78 is 0. The van der Waals surface area contributed by atoms with Gasteiger partial charge in [-0.05, 0) is 43.7 Å². The average molecular weight is 217 g/mol. The Morgan fingerprint density at radius 3 is 2.75 bits per heavy atom. The number of aryl methyl sites for hydroxylation is 1. The molecular weight excluding hydrogens is 194 g/mol. The molecule has 0 bridgehead atoms. The number of rotatable bonds is 3. The van der Waals surface area contributed by atoms with Crippen LogP contribution in [0, 0.1) is 12.3 Å². The lowest BCUT2D eigenvalue weighted by atomic mass is 9.54. The molecule has 0 saturated heterocycles. The Morgan fingerprint density at radius 1 is 1.44 bits per heavy atom. The van der Waals surface area contributed by atoms with Crippen LogP contribution < -0.4 is 5.32 Å². The van der Waals surface area contributed by atoms with Crippen molar-refractivity contribution < 1.29 is 0 Å². The van der Waals surface area contributed by atoms with Crippen LogP contribution in [-0.2, 0) is 0 Å². The van der Waals surface area contributed by atoms with Crippen LogP contribution in [0.15, 0.2) is 24.3 Å². The van der Waals surface area contributed by atoms with Crippen molar-refractivity contribution >= 4 is 0 Å². The Labute approximate surface area is 99.3 Å². The number of benzene rings is 1. The van der Waals surface area contributed by atoms with E-state index in [-0.39, 0.29) is 0 Å². The molecular formula is C15H23N. The summed E-state index contributed by atoms with van der Waals surface area (Å²) in [6.45, 7) is 6.91. The molecule has 1 fully saturated rings. The topological polar surface area (TPSA) is 12.0 Å². The first-order valence-corrected chi connectivity index (χ1v) is 6.35. The van der Waals surface area contributed by atoms with Gasteiger partial charge in [-0.15, -0.1) is 0 Å². The minimum atomic E-state index is 0.433. The van der Waals surface area contributed by atoms with Gasteiger partial charge in [0.25, 0.3) is 0 Å². The Kier molecular flexibility index (Phi) is 3.07. The highest BCUT2D eigenvalue weighted by molar-refractivity contribution is 5.31. The Hall–Kier alpha value is -0.820. The molecule has 1 aromatic rings. The lowest BCUT2D eigenvalue weighted by Crippen LogP contribution is -2.55. The van der Waals surface area contributed by atoms with Crippen molar-refractivity contribution in [1.82, 2.24) is 5.32 Å². The fourth-order valence-electron chi connectivity index (χ4n) is 3.20. The third kappa shape index (κ3) is 1.67. The first-order chi connectivity index (χ1) is 7.61.